The predicted molar refractivity (Wildman–Crippen MR) is 70.6 cm³/mol. The van der Waals surface area contributed by atoms with Gasteiger partial charge in [-0.3, -0.25) is 0 Å². The Morgan fingerprint density at radius 2 is 2.00 bits per heavy atom. The number of benzene rings is 1. The molecule has 16 heavy (non-hydrogen) atoms. The molecule has 1 aromatic carbocycles. The van der Waals surface area contributed by atoms with Crippen LogP contribution in [0.3, 0.4) is 0 Å². The predicted octanol–water partition coefficient (Wildman–Crippen LogP) is 3.48. The van der Waals surface area contributed by atoms with Crippen LogP contribution in [0.5, 0.6) is 0 Å². The molecular formula is C14H18BrN. The average Bonchev–Trinajstić information content (AvgIpc) is 2.88. The molecule has 1 heterocycles. The van der Waals surface area contributed by atoms with Crippen LogP contribution in [0.25, 0.3) is 0 Å². The standard InChI is InChI=1S/C14H18BrN/c15-13-3-1-12(2-4-13)14(6-7-14)9-11-5-8-16-10-11/h1-4,11,16H,5-10H2. The Kier molecular flexibility index (Phi) is 2.80. The molecule has 0 aromatic heterocycles. The number of nitrogens with one attached hydrogen (secondary N) is 1. The van der Waals surface area contributed by atoms with E-state index in [4.69, 9.17) is 0 Å². The highest BCUT2D eigenvalue weighted by Gasteiger charge is 2.45. The minimum atomic E-state index is 0.539. The van der Waals surface area contributed by atoms with E-state index in [2.05, 4.69) is 45.5 Å². The lowest BCUT2D eigenvalue weighted by molar-refractivity contribution is 0.453. The SMILES string of the molecule is Brc1ccc(C2(CC3CCNC3)CC2)cc1. The molecule has 1 saturated carbocycles. The zero-order valence-electron chi connectivity index (χ0n) is 9.51. The van der Waals surface area contributed by atoms with E-state index in [9.17, 15) is 0 Å². The largest absolute Gasteiger partial charge is 0.316 e. The van der Waals surface area contributed by atoms with Crippen molar-refractivity contribution in [2.24, 2.45) is 5.92 Å². The number of rotatable bonds is 3. The maximum absolute atomic E-state index is 3.51. The second-order valence-corrected chi connectivity index (χ2v) is 6.27. The van der Waals surface area contributed by atoms with Crippen LogP contribution in [0, 0.1) is 5.92 Å². The van der Waals surface area contributed by atoms with Crippen molar-refractivity contribution in [2.75, 3.05) is 13.1 Å². The van der Waals surface area contributed by atoms with Crippen LogP contribution in [0.1, 0.15) is 31.2 Å². The summed E-state index contributed by atoms with van der Waals surface area (Å²) in [7, 11) is 0. The van der Waals surface area contributed by atoms with Crippen molar-refractivity contribution in [3.05, 3.63) is 34.3 Å². The minimum absolute atomic E-state index is 0.539. The van der Waals surface area contributed by atoms with E-state index in [0.717, 1.165) is 5.92 Å². The van der Waals surface area contributed by atoms with Crippen molar-refractivity contribution in [1.29, 1.82) is 0 Å². The van der Waals surface area contributed by atoms with Gasteiger partial charge in [0.2, 0.25) is 0 Å². The van der Waals surface area contributed by atoms with Gasteiger partial charge in [0, 0.05) is 4.47 Å². The zero-order valence-corrected chi connectivity index (χ0v) is 11.1. The maximum Gasteiger partial charge on any atom is 0.0175 e. The van der Waals surface area contributed by atoms with Crippen molar-refractivity contribution >= 4 is 15.9 Å². The van der Waals surface area contributed by atoms with Crippen molar-refractivity contribution in [3.8, 4) is 0 Å². The van der Waals surface area contributed by atoms with Crippen molar-refractivity contribution < 1.29 is 0 Å². The van der Waals surface area contributed by atoms with E-state index < -0.39 is 0 Å². The molecule has 1 nitrogen and oxygen atoms in total. The highest BCUT2D eigenvalue weighted by atomic mass is 79.9. The van der Waals surface area contributed by atoms with Gasteiger partial charge in [-0.05, 0) is 67.8 Å². The van der Waals surface area contributed by atoms with Gasteiger partial charge >= 0.3 is 0 Å². The van der Waals surface area contributed by atoms with Gasteiger partial charge in [-0.25, -0.2) is 0 Å². The third-order valence-electron chi connectivity index (χ3n) is 4.15. The van der Waals surface area contributed by atoms with Crippen LogP contribution in [0.4, 0.5) is 0 Å². The Labute approximate surface area is 106 Å². The molecular weight excluding hydrogens is 262 g/mol. The Hall–Kier alpha value is -0.340. The summed E-state index contributed by atoms with van der Waals surface area (Å²) in [5, 5.41) is 3.48. The molecule has 1 saturated heterocycles. The fourth-order valence-corrected chi connectivity index (χ4v) is 3.27. The van der Waals surface area contributed by atoms with E-state index in [0.29, 0.717) is 5.41 Å². The summed E-state index contributed by atoms with van der Waals surface area (Å²) >= 11 is 3.51. The van der Waals surface area contributed by atoms with Gasteiger partial charge in [-0.15, -0.1) is 0 Å². The van der Waals surface area contributed by atoms with Gasteiger partial charge in [0.1, 0.15) is 0 Å². The summed E-state index contributed by atoms with van der Waals surface area (Å²) in [5.74, 6) is 0.908. The van der Waals surface area contributed by atoms with E-state index in [-0.39, 0.29) is 0 Å². The maximum atomic E-state index is 3.51. The summed E-state index contributed by atoms with van der Waals surface area (Å²) < 4.78 is 1.19. The van der Waals surface area contributed by atoms with Gasteiger partial charge in [0.15, 0.2) is 0 Å². The summed E-state index contributed by atoms with van der Waals surface area (Å²) in [4.78, 5) is 0. The fourth-order valence-electron chi connectivity index (χ4n) is 3.01. The lowest BCUT2D eigenvalue weighted by Gasteiger charge is -2.19. The molecule has 0 spiro atoms. The van der Waals surface area contributed by atoms with Crippen molar-refractivity contribution in [2.45, 2.75) is 31.1 Å². The van der Waals surface area contributed by atoms with Gasteiger partial charge in [-0.1, -0.05) is 28.1 Å². The second kappa shape index (κ2) is 4.15. The minimum Gasteiger partial charge on any atom is -0.316 e. The first kappa shape index (κ1) is 10.8. The molecule has 0 radical (unpaired) electrons. The molecule has 2 heteroatoms. The highest BCUT2D eigenvalue weighted by molar-refractivity contribution is 9.10. The molecule has 2 fully saturated rings. The third-order valence-corrected chi connectivity index (χ3v) is 4.68. The molecule has 86 valence electrons. The van der Waals surface area contributed by atoms with E-state index in [1.165, 1.54) is 43.2 Å². The van der Waals surface area contributed by atoms with Crippen LogP contribution < -0.4 is 5.32 Å². The van der Waals surface area contributed by atoms with Crippen molar-refractivity contribution in [3.63, 3.8) is 0 Å². The highest BCUT2D eigenvalue weighted by Crippen LogP contribution is 2.53. The average molecular weight is 280 g/mol. The summed E-state index contributed by atoms with van der Waals surface area (Å²) in [6, 6.07) is 8.98. The first-order chi connectivity index (χ1) is 7.78. The van der Waals surface area contributed by atoms with Gasteiger partial charge < -0.3 is 5.32 Å². The van der Waals surface area contributed by atoms with Gasteiger partial charge in [0.25, 0.3) is 0 Å². The number of hydrogen-bond donors (Lipinski definition) is 1. The molecule has 0 amide bonds. The van der Waals surface area contributed by atoms with Crippen LogP contribution in [0.2, 0.25) is 0 Å². The lowest BCUT2D eigenvalue weighted by atomic mass is 9.85. The molecule has 1 aliphatic heterocycles. The van der Waals surface area contributed by atoms with Gasteiger partial charge in [-0.2, -0.15) is 0 Å². The topological polar surface area (TPSA) is 12.0 Å². The molecule has 1 aliphatic carbocycles. The van der Waals surface area contributed by atoms with E-state index in [1.807, 2.05) is 0 Å². The fraction of sp³-hybridized carbons (Fsp3) is 0.571. The van der Waals surface area contributed by atoms with E-state index >= 15 is 0 Å². The number of halogens is 1. The molecule has 2 aliphatic rings. The molecule has 1 unspecified atom stereocenters. The molecule has 0 bridgehead atoms. The normalized spacial score (nSPS) is 26.9. The summed E-state index contributed by atoms with van der Waals surface area (Å²) in [6.07, 6.45) is 5.55. The molecule has 3 rings (SSSR count). The Balaban J connectivity index is 1.74. The first-order valence-corrected chi connectivity index (χ1v) is 7.05. The van der Waals surface area contributed by atoms with Crippen LogP contribution >= 0.6 is 15.9 Å². The Morgan fingerprint density at radius 1 is 1.25 bits per heavy atom. The lowest BCUT2D eigenvalue weighted by Crippen LogP contribution is -2.16. The Bertz CT molecular complexity index is 361. The summed E-state index contributed by atoms with van der Waals surface area (Å²) in [6.45, 7) is 2.46. The molecule has 1 aromatic rings. The monoisotopic (exact) mass is 279 g/mol. The van der Waals surface area contributed by atoms with Crippen LogP contribution in [-0.4, -0.2) is 13.1 Å². The quantitative estimate of drug-likeness (QED) is 0.893. The van der Waals surface area contributed by atoms with Crippen LogP contribution in [0.15, 0.2) is 28.7 Å². The smallest absolute Gasteiger partial charge is 0.0175 e. The number of hydrogen-bond acceptors (Lipinski definition) is 1. The van der Waals surface area contributed by atoms with Crippen molar-refractivity contribution in [1.82, 2.24) is 5.32 Å². The first-order valence-electron chi connectivity index (χ1n) is 6.25. The third kappa shape index (κ3) is 2.05. The van der Waals surface area contributed by atoms with Gasteiger partial charge in [0.05, 0.1) is 0 Å². The Morgan fingerprint density at radius 3 is 2.56 bits per heavy atom. The molecule has 1 atom stereocenters. The summed E-state index contributed by atoms with van der Waals surface area (Å²) in [5.41, 5.74) is 2.10. The van der Waals surface area contributed by atoms with Crippen LogP contribution in [-0.2, 0) is 5.41 Å². The molecule has 1 N–H and O–H groups in total. The van der Waals surface area contributed by atoms with E-state index in [1.54, 1.807) is 5.56 Å². The second-order valence-electron chi connectivity index (χ2n) is 5.35. The zero-order chi connectivity index (χ0) is 11.0.